The van der Waals surface area contributed by atoms with Gasteiger partial charge >= 0.3 is 6.03 Å². The van der Waals surface area contributed by atoms with Gasteiger partial charge in [-0.25, -0.2) is 4.79 Å². The van der Waals surface area contributed by atoms with E-state index in [0.717, 1.165) is 11.3 Å². The first-order valence-electron chi connectivity index (χ1n) is 8.59. The van der Waals surface area contributed by atoms with Crippen LogP contribution in [0.1, 0.15) is 43.0 Å². The number of nitrogens with one attached hydrogen (secondary N) is 2. The summed E-state index contributed by atoms with van der Waals surface area (Å²) in [6.07, 6.45) is 0.451. The molecule has 0 unspecified atom stereocenters. The summed E-state index contributed by atoms with van der Waals surface area (Å²) in [5.41, 5.74) is 4.19. The number of rotatable bonds is 4. The molecule has 0 bridgehead atoms. The van der Waals surface area contributed by atoms with Crippen molar-refractivity contribution in [1.82, 2.24) is 10.2 Å². The molecule has 3 amide bonds. The van der Waals surface area contributed by atoms with Crippen molar-refractivity contribution < 1.29 is 9.59 Å². The summed E-state index contributed by atoms with van der Waals surface area (Å²) >= 11 is 0. The number of carbonyl (C=O) groups excluding carboxylic acids is 2. The molecule has 2 aromatic carbocycles. The highest BCUT2D eigenvalue weighted by Gasteiger charge is 2.23. The second kappa shape index (κ2) is 7.38. The number of anilines is 1. The zero-order valence-electron chi connectivity index (χ0n) is 14.6. The van der Waals surface area contributed by atoms with E-state index in [2.05, 4.69) is 22.8 Å². The highest BCUT2D eigenvalue weighted by Crippen LogP contribution is 2.23. The number of amides is 3. The van der Waals surface area contributed by atoms with Gasteiger partial charge in [0.25, 0.3) is 0 Å². The number of hydrogen-bond donors (Lipinski definition) is 2. The van der Waals surface area contributed by atoms with E-state index in [1.54, 1.807) is 0 Å². The summed E-state index contributed by atoms with van der Waals surface area (Å²) in [7, 11) is 0. The summed E-state index contributed by atoms with van der Waals surface area (Å²) < 4.78 is 0. The SMILES string of the molecule is CCC(=O)Nc1ccc([C@H](C)NC(=O)N2Cc3ccccc3C2)cc1. The van der Waals surface area contributed by atoms with E-state index < -0.39 is 0 Å². The molecule has 5 nitrogen and oxygen atoms in total. The number of benzene rings is 2. The van der Waals surface area contributed by atoms with Gasteiger partial charge in [0.05, 0.1) is 6.04 Å². The van der Waals surface area contributed by atoms with E-state index in [1.807, 2.05) is 55.1 Å². The van der Waals surface area contributed by atoms with E-state index in [9.17, 15) is 9.59 Å². The van der Waals surface area contributed by atoms with Crippen LogP contribution in [0.5, 0.6) is 0 Å². The molecule has 0 aromatic heterocycles. The Bertz CT molecular complexity index is 746. The minimum atomic E-state index is -0.105. The van der Waals surface area contributed by atoms with E-state index >= 15 is 0 Å². The summed E-state index contributed by atoms with van der Waals surface area (Å²) in [6.45, 7) is 5.08. The van der Waals surface area contributed by atoms with Gasteiger partial charge < -0.3 is 15.5 Å². The van der Waals surface area contributed by atoms with Crippen LogP contribution in [-0.4, -0.2) is 16.8 Å². The molecule has 0 spiro atoms. The molecule has 1 atom stereocenters. The number of fused-ring (bicyclic) bond motifs is 1. The fourth-order valence-corrected chi connectivity index (χ4v) is 2.94. The molecule has 1 aliphatic rings. The molecule has 0 radical (unpaired) electrons. The lowest BCUT2D eigenvalue weighted by molar-refractivity contribution is -0.115. The van der Waals surface area contributed by atoms with Crippen molar-refractivity contribution >= 4 is 17.6 Å². The molecule has 1 heterocycles. The Morgan fingerprint density at radius 2 is 1.64 bits per heavy atom. The van der Waals surface area contributed by atoms with Crippen LogP contribution in [0.3, 0.4) is 0 Å². The maximum atomic E-state index is 12.5. The van der Waals surface area contributed by atoms with Crippen molar-refractivity contribution in [2.24, 2.45) is 0 Å². The average molecular weight is 337 g/mol. The molecular formula is C20H23N3O2. The van der Waals surface area contributed by atoms with Crippen molar-refractivity contribution in [3.8, 4) is 0 Å². The Morgan fingerprint density at radius 1 is 1.04 bits per heavy atom. The Hall–Kier alpha value is -2.82. The normalized spacial score (nSPS) is 13.9. The standard InChI is InChI=1S/C20H23N3O2/c1-3-19(24)22-18-10-8-15(9-11-18)14(2)21-20(25)23-12-16-6-4-5-7-17(16)13-23/h4-11,14H,3,12-13H2,1-2H3,(H,21,25)(H,22,24)/t14-/m0/s1. The third-order valence-electron chi connectivity index (χ3n) is 4.48. The molecule has 0 aliphatic carbocycles. The van der Waals surface area contributed by atoms with Gasteiger partial charge in [-0.2, -0.15) is 0 Å². The van der Waals surface area contributed by atoms with Gasteiger partial charge in [-0.15, -0.1) is 0 Å². The van der Waals surface area contributed by atoms with Crippen molar-refractivity contribution in [2.45, 2.75) is 39.4 Å². The first-order valence-corrected chi connectivity index (χ1v) is 8.59. The second-order valence-corrected chi connectivity index (χ2v) is 6.32. The maximum absolute atomic E-state index is 12.5. The third-order valence-corrected chi connectivity index (χ3v) is 4.48. The van der Waals surface area contributed by atoms with Gasteiger partial charge in [-0.05, 0) is 35.7 Å². The topological polar surface area (TPSA) is 61.4 Å². The Kier molecular flexibility index (Phi) is 5.03. The summed E-state index contributed by atoms with van der Waals surface area (Å²) in [4.78, 5) is 25.7. The monoisotopic (exact) mass is 337 g/mol. The van der Waals surface area contributed by atoms with Gasteiger partial charge in [-0.3, -0.25) is 4.79 Å². The Morgan fingerprint density at radius 3 is 2.20 bits per heavy atom. The number of hydrogen-bond acceptors (Lipinski definition) is 2. The van der Waals surface area contributed by atoms with Crippen molar-refractivity contribution in [3.63, 3.8) is 0 Å². The van der Waals surface area contributed by atoms with Crippen molar-refractivity contribution in [3.05, 3.63) is 65.2 Å². The zero-order chi connectivity index (χ0) is 17.8. The number of nitrogens with zero attached hydrogens (tertiary/aromatic N) is 1. The van der Waals surface area contributed by atoms with Crippen LogP contribution in [0.25, 0.3) is 0 Å². The summed E-state index contributed by atoms with van der Waals surface area (Å²) in [6, 6.07) is 15.5. The smallest absolute Gasteiger partial charge is 0.318 e. The van der Waals surface area contributed by atoms with Gasteiger partial charge in [-0.1, -0.05) is 43.3 Å². The molecule has 3 rings (SSSR count). The van der Waals surface area contributed by atoms with E-state index in [1.165, 1.54) is 11.1 Å². The summed E-state index contributed by atoms with van der Waals surface area (Å²) in [5, 5.41) is 5.86. The fraction of sp³-hybridized carbons (Fsp3) is 0.300. The molecule has 2 aromatic rings. The highest BCUT2D eigenvalue weighted by molar-refractivity contribution is 5.90. The Labute approximate surface area is 148 Å². The molecular weight excluding hydrogens is 314 g/mol. The Balaban J connectivity index is 1.58. The van der Waals surface area contributed by atoms with Gasteiger partial charge in [0.2, 0.25) is 5.91 Å². The van der Waals surface area contributed by atoms with Crippen LogP contribution in [0.15, 0.2) is 48.5 Å². The average Bonchev–Trinajstić information content (AvgIpc) is 3.06. The van der Waals surface area contributed by atoms with Gasteiger partial charge in [0.15, 0.2) is 0 Å². The maximum Gasteiger partial charge on any atom is 0.318 e. The molecule has 25 heavy (non-hydrogen) atoms. The van der Waals surface area contributed by atoms with Crippen molar-refractivity contribution in [1.29, 1.82) is 0 Å². The first kappa shape index (κ1) is 17.0. The van der Waals surface area contributed by atoms with Gasteiger partial charge in [0, 0.05) is 25.2 Å². The number of urea groups is 1. The van der Waals surface area contributed by atoms with E-state index in [0.29, 0.717) is 19.5 Å². The minimum absolute atomic E-state index is 0.0114. The number of carbonyl (C=O) groups is 2. The largest absolute Gasteiger partial charge is 0.331 e. The quantitative estimate of drug-likeness (QED) is 0.891. The lowest BCUT2D eigenvalue weighted by atomic mass is 10.1. The van der Waals surface area contributed by atoms with E-state index in [-0.39, 0.29) is 18.0 Å². The van der Waals surface area contributed by atoms with Crippen LogP contribution >= 0.6 is 0 Å². The van der Waals surface area contributed by atoms with Crippen LogP contribution in [0.2, 0.25) is 0 Å². The van der Waals surface area contributed by atoms with Crippen LogP contribution < -0.4 is 10.6 Å². The second-order valence-electron chi connectivity index (χ2n) is 6.32. The van der Waals surface area contributed by atoms with E-state index in [4.69, 9.17) is 0 Å². The molecule has 0 saturated heterocycles. The highest BCUT2D eigenvalue weighted by atomic mass is 16.2. The predicted octanol–water partition coefficient (Wildman–Crippen LogP) is 3.82. The summed E-state index contributed by atoms with van der Waals surface area (Å²) in [5.74, 6) is -0.0114. The van der Waals surface area contributed by atoms with Crippen LogP contribution in [-0.2, 0) is 17.9 Å². The molecule has 1 aliphatic heterocycles. The first-order chi connectivity index (χ1) is 12.1. The lowest BCUT2D eigenvalue weighted by Crippen LogP contribution is -2.37. The molecule has 0 saturated carbocycles. The predicted molar refractivity (Wildman–Crippen MR) is 98.0 cm³/mol. The minimum Gasteiger partial charge on any atom is -0.331 e. The zero-order valence-corrected chi connectivity index (χ0v) is 14.6. The van der Waals surface area contributed by atoms with Crippen molar-refractivity contribution in [2.75, 3.05) is 5.32 Å². The molecule has 5 heteroatoms. The third kappa shape index (κ3) is 3.99. The fourth-order valence-electron chi connectivity index (χ4n) is 2.94. The van der Waals surface area contributed by atoms with Gasteiger partial charge in [0.1, 0.15) is 0 Å². The molecule has 0 fully saturated rings. The lowest BCUT2D eigenvalue weighted by Gasteiger charge is -2.21. The molecule has 130 valence electrons. The molecule has 2 N–H and O–H groups in total. The van der Waals surface area contributed by atoms with Crippen LogP contribution in [0, 0.1) is 0 Å². The van der Waals surface area contributed by atoms with Crippen LogP contribution in [0.4, 0.5) is 10.5 Å².